The predicted molar refractivity (Wildman–Crippen MR) is 75.0 cm³/mol. The van der Waals surface area contributed by atoms with Gasteiger partial charge in [-0.1, -0.05) is 23.7 Å². The maximum absolute atomic E-state index is 11.8. The van der Waals surface area contributed by atoms with Crippen LogP contribution in [0.5, 0.6) is 0 Å². The molecular weight excluding hydrogens is 266 g/mol. The number of hydrogen-bond acceptors (Lipinski definition) is 3. The van der Waals surface area contributed by atoms with Crippen molar-refractivity contribution in [1.29, 1.82) is 0 Å². The zero-order valence-corrected chi connectivity index (χ0v) is 12.0. The fourth-order valence-electron chi connectivity index (χ4n) is 1.49. The fourth-order valence-corrected chi connectivity index (χ4v) is 1.62. The predicted octanol–water partition coefficient (Wildman–Crippen LogP) is 1.62. The van der Waals surface area contributed by atoms with Crippen LogP contribution >= 0.6 is 11.6 Å². The summed E-state index contributed by atoms with van der Waals surface area (Å²) in [6.45, 7) is 2.34. The van der Waals surface area contributed by atoms with Crippen LogP contribution in [-0.2, 0) is 11.3 Å². The highest BCUT2D eigenvalue weighted by atomic mass is 35.5. The molecule has 0 aliphatic heterocycles. The lowest BCUT2D eigenvalue weighted by Crippen LogP contribution is -2.47. The molecule has 1 rings (SSSR count). The Hall–Kier alpha value is -1.59. The molecule has 1 unspecified atom stereocenters. The first-order valence-corrected chi connectivity index (χ1v) is 6.29. The first-order valence-electron chi connectivity index (χ1n) is 5.91. The lowest BCUT2D eigenvalue weighted by atomic mass is 10.2. The molecule has 0 saturated heterocycles. The van der Waals surface area contributed by atoms with Gasteiger partial charge in [0.15, 0.2) is 0 Å². The first kappa shape index (κ1) is 15.5. The van der Waals surface area contributed by atoms with Gasteiger partial charge in [0.1, 0.15) is 0 Å². The Bertz CT molecular complexity index is 448. The molecular formula is C13H18ClN3O2. The number of halogens is 1. The van der Waals surface area contributed by atoms with Gasteiger partial charge in [-0.3, -0.25) is 15.0 Å². The molecule has 1 atom stereocenters. The van der Waals surface area contributed by atoms with Crippen LogP contribution in [0.2, 0.25) is 5.02 Å². The number of carbonyl (C=O) groups excluding carboxylic acids is 2. The highest BCUT2D eigenvalue weighted by Crippen LogP contribution is 2.12. The maximum Gasteiger partial charge on any atom is 0.321 e. The molecule has 5 nitrogen and oxygen atoms in total. The molecule has 0 aromatic heterocycles. The highest BCUT2D eigenvalue weighted by molar-refractivity contribution is 6.30. The summed E-state index contributed by atoms with van der Waals surface area (Å²) in [6.07, 6.45) is 0. The number of urea groups is 1. The van der Waals surface area contributed by atoms with Crippen LogP contribution in [0.1, 0.15) is 12.5 Å². The molecule has 0 heterocycles. The van der Waals surface area contributed by atoms with E-state index in [1.807, 2.05) is 24.1 Å². The number of rotatable bonds is 4. The van der Waals surface area contributed by atoms with E-state index in [9.17, 15) is 9.59 Å². The monoisotopic (exact) mass is 283 g/mol. The second kappa shape index (κ2) is 7.11. The van der Waals surface area contributed by atoms with E-state index in [1.54, 1.807) is 19.1 Å². The third kappa shape index (κ3) is 4.89. The van der Waals surface area contributed by atoms with Crippen molar-refractivity contribution in [1.82, 2.24) is 15.5 Å². The van der Waals surface area contributed by atoms with Crippen molar-refractivity contribution in [3.63, 3.8) is 0 Å². The van der Waals surface area contributed by atoms with Crippen LogP contribution in [0.15, 0.2) is 24.3 Å². The van der Waals surface area contributed by atoms with Crippen LogP contribution in [-0.4, -0.2) is 37.0 Å². The molecule has 19 heavy (non-hydrogen) atoms. The van der Waals surface area contributed by atoms with Crippen LogP contribution in [0.25, 0.3) is 0 Å². The summed E-state index contributed by atoms with van der Waals surface area (Å²) in [5.74, 6) is -0.337. The standard InChI is InChI=1S/C13H18ClN3O2/c1-9(12(18)16-13(19)15-2)17(3)8-10-4-6-11(14)7-5-10/h4-7,9H,8H2,1-3H3,(H2,15,16,18,19). The Labute approximate surface area is 117 Å². The van der Waals surface area contributed by atoms with Crippen molar-refractivity contribution in [2.75, 3.05) is 14.1 Å². The van der Waals surface area contributed by atoms with Gasteiger partial charge in [-0.2, -0.15) is 0 Å². The van der Waals surface area contributed by atoms with Crippen LogP contribution in [0.4, 0.5) is 4.79 Å². The van der Waals surface area contributed by atoms with Gasteiger partial charge in [0, 0.05) is 18.6 Å². The quantitative estimate of drug-likeness (QED) is 0.883. The van der Waals surface area contributed by atoms with Crippen LogP contribution in [0, 0.1) is 0 Å². The summed E-state index contributed by atoms with van der Waals surface area (Å²) in [6, 6.07) is 6.51. The molecule has 0 radical (unpaired) electrons. The third-order valence-corrected chi connectivity index (χ3v) is 3.10. The summed E-state index contributed by atoms with van der Waals surface area (Å²) < 4.78 is 0. The molecule has 104 valence electrons. The van der Waals surface area contributed by atoms with Gasteiger partial charge in [-0.25, -0.2) is 4.79 Å². The molecule has 1 aromatic rings. The average Bonchev–Trinajstić information content (AvgIpc) is 2.40. The lowest BCUT2D eigenvalue weighted by Gasteiger charge is -2.23. The molecule has 0 saturated carbocycles. The maximum atomic E-state index is 11.8. The van der Waals surface area contributed by atoms with Crippen molar-refractivity contribution in [2.45, 2.75) is 19.5 Å². The molecule has 0 spiro atoms. The number of nitrogens with one attached hydrogen (secondary N) is 2. The number of amides is 3. The molecule has 0 fully saturated rings. The van der Waals surface area contributed by atoms with E-state index in [-0.39, 0.29) is 5.91 Å². The number of nitrogens with zero attached hydrogens (tertiary/aromatic N) is 1. The molecule has 0 aliphatic rings. The van der Waals surface area contributed by atoms with Gasteiger partial charge < -0.3 is 5.32 Å². The lowest BCUT2D eigenvalue weighted by molar-refractivity contribution is -0.124. The smallest absolute Gasteiger partial charge is 0.321 e. The van der Waals surface area contributed by atoms with Crippen molar-refractivity contribution in [3.05, 3.63) is 34.9 Å². The summed E-state index contributed by atoms with van der Waals surface area (Å²) in [5.41, 5.74) is 1.05. The van der Waals surface area contributed by atoms with E-state index >= 15 is 0 Å². The zero-order chi connectivity index (χ0) is 14.4. The van der Waals surface area contributed by atoms with Gasteiger partial charge in [-0.15, -0.1) is 0 Å². The van der Waals surface area contributed by atoms with E-state index in [1.165, 1.54) is 7.05 Å². The Morgan fingerprint density at radius 3 is 2.42 bits per heavy atom. The van der Waals surface area contributed by atoms with Crippen LogP contribution in [0.3, 0.4) is 0 Å². The number of hydrogen-bond donors (Lipinski definition) is 2. The van der Waals surface area contributed by atoms with Crippen molar-refractivity contribution in [2.24, 2.45) is 0 Å². The molecule has 3 amide bonds. The SMILES string of the molecule is CNC(=O)NC(=O)C(C)N(C)Cc1ccc(Cl)cc1. The summed E-state index contributed by atoms with van der Waals surface area (Å²) in [7, 11) is 3.29. The first-order chi connectivity index (χ1) is 8.93. The highest BCUT2D eigenvalue weighted by Gasteiger charge is 2.19. The Morgan fingerprint density at radius 1 is 1.32 bits per heavy atom. The molecule has 2 N–H and O–H groups in total. The minimum atomic E-state index is -0.503. The number of imide groups is 1. The van der Waals surface area contributed by atoms with E-state index in [0.717, 1.165) is 5.56 Å². The van der Waals surface area contributed by atoms with Gasteiger partial charge in [-0.05, 0) is 31.7 Å². The van der Waals surface area contributed by atoms with E-state index in [2.05, 4.69) is 10.6 Å². The second-order valence-electron chi connectivity index (χ2n) is 4.29. The topological polar surface area (TPSA) is 61.4 Å². The summed E-state index contributed by atoms with van der Waals surface area (Å²) in [4.78, 5) is 24.7. The summed E-state index contributed by atoms with van der Waals surface area (Å²) >= 11 is 5.81. The van der Waals surface area contributed by atoms with Crippen molar-refractivity contribution in [3.8, 4) is 0 Å². The molecule has 1 aromatic carbocycles. The van der Waals surface area contributed by atoms with Gasteiger partial charge in [0.25, 0.3) is 0 Å². The van der Waals surface area contributed by atoms with Gasteiger partial charge in [0.05, 0.1) is 6.04 Å². The summed E-state index contributed by atoms with van der Waals surface area (Å²) in [5, 5.41) is 5.27. The fraction of sp³-hybridized carbons (Fsp3) is 0.385. The Balaban J connectivity index is 2.56. The van der Waals surface area contributed by atoms with E-state index in [0.29, 0.717) is 11.6 Å². The molecule has 6 heteroatoms. The molecule has 0 bridgehead atoms. The normalized spacial score (nSPS) is 12.1. The minimum Gasteiger partial charge on any atom is -0.341 e. The van der Waals surface area contributed by atoms with E-state index in [4.69, 9.17) is 11.6 Å². The van der Waals surface area contributed by atoms with Crippen molar-refractivity contribution < 1.29 is 9.59 Å². The van der Waals surface area contributed by atoms with E-state index < -0.39 is 12.1 Å². The van der Waals surface area contributed by atoms with Crippen molar-refractivity contribution >= 4 is 23.5 Å². The number of benzene rings is 1. The number of carbonyl (C=O) groups is 2. The van der Waals surface area contributed by atoms with Crippen LogP contribution < -0.4 is 10.6 Å². The third-order valence-electron chi connectivity index (χ3n) is 2.85. The van der Waals surface area contributed by atoms with Gasteiger partial charge in [0.2, 0.25) is 5.91 Å². The Kier molecular flexibility index (Phi) is 5.79. The van der Waals surface area contributed by atoms with Gasteiger partial charge >= 0.3 is 6.03 Å². The minimum absolute atomic E-state index is 0.337. The Morgan fingerprint density at radius 2 is 1.89 bits per heavy atom. The largest absolute Gasteiger partial charge is 0.341 e. The molecule has 0 aliphatic carbocycles. The average molecular weight is 284 g/mol. The zero-order valence-electron chi connectivity index (χ0n) is 11.2. The number of likely N-dealkylation sites (N-methyl/N-ethyl adjacent to an activating group) is 1. The second-order valence-corrected chi connectivity index (χ2v) is 4.72.